The minimum absolute atomic E-state index is 0.208. The molecule has 2 aliphatic rings. The van der Waals surface area contributed by atoms with Gasteiger partial charge in [-0.15, -0.1) is 0 Å². The SMILES string of the molecule is Oc1cccc(-c2nc(NCCN3CCOCC3)cc(N3CCOCC3)n2)c1. The van der Waals surface area contributed by atoms with Crippen LogP contribution in [0.4, 0.5) is 11.6 Å². The number of phenols is 1. The van der Waals surface area contributed by atoms with Crippen molar-refractivity contribution in [2.24, 2.45) is 0 Å². The second-order valence-corrected chi connectivity index (χ2v) is 6.97. The van der Waals surface area contributed by atoms with Gasteiger partial charge in [0.2, 0.25) is 0 Å². The van der Waals surface area contributed by atoms with Gasteiger partial charge in [0.25, 0.3) is 0 Å². The summed E-state index contributed by atoms with van der Waals surface area (Å²) in [6.07, 6.45) is 0. The summed E-state index contributed by atoms with van der Waals surface area (Å²) < 4.78 is 10.9. The molecule has 0 spiro atoms. The Balaban J connectivity index is 1.52. The molecular weight excluding hydrogens is 358 g/mol. The van der Waals surface area contributed by atoms with Crippen molar-refractivity contribution in [3.8, 4) is 17.1 Å². The summed E-state index contributed by atoms with van der Waals surface area (Å²) in [5, 5.41) is 13.3. The molecule has 0 atom stereocenters. The normalized spacial score (nSPS) is 18.2. The molecule has 150 valence electrons. The smallest absolute Gasteiger partial charge is 0.163 e. The van der Waals surface area contributed by atoms with E-state index in [4.69, 9.17) is 14.5 Å². The number of aromatic hydroxyl groups is 1. The van der Waals surface area contributed by atoms with Crippen molar-refractivity contribution in [1.29, 1.82) is 0 Å². The molecule has 0 amide bonds. The van der Waals surface area contributed by atoms with Gasteiger partial charge in [0.15, 0.2) is 5.82 Å². The van der Waals surface area contributed by atoms with Crippen molar-refractivity contribution in [2.75, 3.05) is 75.9 Å². The number of nitrogens with one attached hydrogen (secondary N) is 1. The third-order valence-corrected chi connectivity index (χ3v) is 4.99. The van der Waals surface area contributed by atoms with Gasteiger partial charge in [-0.1, -0.05) is 12.1 Å². The minimum atomic E-state index is 0.208. The highest BCUT2D eigenvalue weighted by Gasteiger charge is 2.16. The van der Waals surface area contributed by atoms with E-state index in [1.807, 2.05) is 12.1 Å². The number of aromatic nitrogens is 2. The molecule has 1 aromatic heterocycles. The van der Waals surface area contributed by atoms with Crippen LogP contribution in [0.3, 0.4) is 0 Å². The zero-order chi connectivity index (χ0) is 19.2. The molecular formula is C20H27N5O3. The van der Waals surface area contributed by atoms with Gasteiger partial charge in [0.1, 0.15) is 17.4 Å². The zero-order valence-corrected chi connectivity index (χ0v) is 16.0. The number of morpholine rings is 2. The maximum absolute atomic E-state index is 9.83. The molecule has 0 aliphatic carbocycles. The van der Waals surface area contributed by atoms with Crippen LogP contribution in [-0.4, -0.2) is 85.7 Å². The summed E-state index contributed by atoms with van der Waals surface area (Å²) >= 11 is 0. The Hall–Kier alpha value is -2.42. The lowest BCUT2D eigenvalue weighted by atomic mass is 10.2. The van der Waals surface area contributed by atoms with Crippen LogP contribution in [0.1, 0.15) is 0 Å². The highest BCUT2D eigenvalue weighted by Crippen LogP contribution is 2.25. The van der Waals surface area contributed by atoms with Gasteiger partial charge in [-0.05, 0) is 12.1 Å². The fourth-order valence-electron chi connectivity index (χ4n) is 3.42. The molecule has 0 bridgehead atoms. The largest absolute Gasteiger partial charge is 0.508 e. The third-order valence-electron chi connectivity index (χ3n) is 4.99. The molecule has 0 unspecified atom stereocenters. The monoisotopic (exact) mass is 385 g/mol. The molecule has 0 radical (unpaired) electrons. The molecule has 2 N–H and O–H groups in total. The van der Waals surface area contributed by atoms with Crippen molar-refractivity contribution in [2.45, 2.75) is 0 Å². The van der Waals surface area contributed by atoms with Crippen molar-refractivity contribution < 1.29 is 14.6 Å². The molecule has 8 nitrogen and oxygen atoms in total. The highest BCUT2D eigenvalue weighted by atomic mass is 16.5. The maximum Gasteiger partial charge on any atom is 0.163 e. The Morgan fingerprint density at radius 2 is 1.71 bits per heavy atom. The molecule has 2 fully saturated rings. The van der Waals surface area contributed by atoms with E-state index in [1.54, 1.807) is 18.2 Å². The van der Waals surface area contributed by atoms with E-state index >= 15 is 0 Å². The van der Waals surface area contributed by atoms with Gasteiger partial charge in [-0.2, -0.15) is 0 Å². The third kappa shape index (κ3) is 4.89. The number of ether oxygens (including phenoxy) is 2. The summed E-state index contributed by atoms with van der Waals surface area (Å²) in [6.45, 7) is 8.31. The Kier molecular flexibility index (Phi) is 6.20. The van der Waals surface area contributed by atoms with Crippen LogP contribution in [0.25, 0.3) is 11.4 Å². The lowest BCUT2D eigenvalue weighted by Crippen LogP contribution is -2.39. The van der Waals surface area contributed by atoms with Crippen LogP contribution in [-0.2, 0) is 9.47 Å². The van der Waals surface area contributed by atoms with E-state index in [0.717, 1.165) is 69.7 Å². The molecule has 2 saturated heterocycles. The first-order chi connectivity index (χ1) is 13.8. The van der Waals surface area contributed by atoms with Crippen LogP contribution in [0.2, 0.25) is 0 Å². The van der Waals surface area contributed by atoms with E-state index in [-0.39, 0.29) is 5.75 Å². The average Bonchev–Trinajstić information content (AvgIpc) is 2.75. The van der Waals surface area contributed by atoms with Crippen LogP contribution >= 0.6 is 0 Å². The number of nitrogens with zero attached hydrogens (tertiary/aromatic N) is 4. The Bertz CT molecular complexity index is 776. The fraction of sp³-hybridized carbons (Fsp3) is 0.500. The van der Waals surface area contributed by atoms with Gasteiger partial charge in [-0.25, -0.2) is 9.97 Å². The van der Waals surface area contributed by atoms with Gasteiger partial charge in [0.05, 0.1) is 26.4 Å². The van der Waals surface area contributed by atoms with Gasteiger partial charge in [0, 0.05) is 50.9 Å². The standard InChI is InChI=1S/C20H27N5O3/c26-17-3-1-2-16(14-17)20-22-18(21-4-5-24-6-10-27-11-7-24)15-19(23-20)25-8-12-28-13-9-25/h1-3,14-15,26H,4-13H2,(H,21,22,23). The predicted octanol–water partition coefficient (Wildman–Crippen LogP) is 1.43. The maximum atomic E-state index is 9.83. The second kappa shape index (κ2) is 9.18. The molecule has 28 heavy (non-hydrogen) atoms. The average molecular weight is 385 g/mol. The quantitative estimate of drug-likeness (QED) is 0.773. The molecule has 8 heteroatoms. The van der Waals surface area contributed by atoms with Crippen LogP contribution in [0.5, 0.6) is 5.75 Å². The van der Waals surface area contributed by atoms with Crippen LogP contribution in [0.15, 0.2) is 30.3 Å². The summed E-state index contributed by atoms with van der Waals surface area (Å²) in [7, 11) is 0. The molecule has 1 aromatic carbocycles. The highest BCUT2D eigenvalue weighted by molar-refractivity contribution is 5.63. The van der Waals surface area contributed by atoms with E-state index in [1.165, 1.54) is 0 Å². The molecule has 2 aliphatic heterocycles. The first-order valence-electron chi connectivity index (χ1n) is 9.83. The Morgan fingerprint density at radius 1 is 0.964 bits per heavy atom. The van der Waals surface area contributed by atoms with E-state index in [9.17, 15) is 5.11 Å². The van der Waals surface area contributed by atoms with Crippen molar-refractivity contribution in [3.63, 3.8) is 0 Å². The number of hydrogen-bond donors (Lipinski definition) is 2. The number of phenolic OH excluding ortho intramolecular Hbond substituents is 1. The first-order valence-corrected chi connectivity index (χ1v) is 9.83. The number of benzene rings is 1. The van der Waals surface area contributed by atoms with Gasteiger partial charge >= 0.3 is 0 Å². The minimum Gasteiger partial charge on any atom is -0.508 e. The summed E-state index contributed by atoms with van der Waals surface area (Å²) in [5.74, 6) is 2.49. The Morgan fingerprint density at radius 3 is 2.46 bits per heavy atom. The van der Waals surface area contributed by atoms with Crippen LogP contribution in [0, 0.1) is 0 Å². The van der Waals surface area contributed by atoms with Gasteiger partial charge in [-0.3, -0.25) is 4.90 Å². The number of hydrogen-bond acceptors (Lipinski definition) is 8. The topological polar surface area (TPSA) is 83.0 Å². The number of rotatable bonds is 6. The zero-order valence-electron chi connectivity index (χ0n) is 16.0. The molecule has 0 saturated carbocycles. The van der Waals surface area contributed by atoms with E-state index in [2.05, 4.69) is 20.1 Å². The summed E-state index contributed by atoms with van der Waals surface area (Å²) in [4.78, 5) is 14.0. The fourth-order valence-corrected chi connectivity index (χ4v) is 3.42. The number of anilines is 2. The molecule has 3 heterocycles. The summed E-state index contributed by atoms with van der Waals surface area (Å²) in [6, 6.07) is 9.06. The van der Waals surface area contributed by atoms with Crippen molar-refractivity contribution in [1.82, 2.24) is 14.9 Å². The lowest BCUT2D eigenvalue weighted by molar-refractivity contribution is 0.0398. The second-order valence-electron chi connectivity index (χ2n) is 6.97. The predicted molar refractivity (Wildman–Crippen MR) is 108 cm³/mol. The van der Waals surface area contributed by atoms with Gasteiger partial charge < -0.3 is 24.8 Å². The van der Waals surface area contributed by atoms with Crippen LogP contribution < -0.4 is 10.2 Å². The van der Waals surface area contributed by atoms with Crippen molar-refractivity contribution in [3.05, 3.63) is 30.3 Å². The molecule has 2 aromatic rings. The lowest BCUT2D eigenvalue weighted by Gasteiger charge is -2.28. The Labute approximate surface area is 165 Å². The van der Waals surface area contributed by atoms with E-state index in [0.29, 0.717) is 19.0 Å². The van der Waals surface area contributed by atoms with E-state index < -0.39 is 0 Å². The molecule has 4 rings (SSSR count). The first kappa shape index (κ1) is 18.9. The summed E-state index contributed by atoms with van der Waals surface area (Å²) in [5.41, 5.74) is 0.798. The van der Waals surface area contributed by atoms with Crippen molar-refractivity contribution >= 4 is 11.6 Å².